The van der Waals surface area contributed by atoms with Crippen LogP contribution in [0.2, 0.25) is 0 Å². The van der Waals surface area contributed by atoms with Gasteiger partial charge in [-0.05, 0) is 42.8 Å². The number of carbonyl (C=O) groups excluding carboxylic acids is 2. The molecule has 1 N–H and O–H groups in total. The van der Waals surface area contributed by atoms with E-state index in [1.165, 1.54) is 4.90 Å². The number of hydrogen-bond donors (Lipinski definition) is 1. The summed E-state index contributed by atoms with van der Waals surface area (Å²) in [7, 11) is 0. The maximum absolute atomic E-state index is 12.7. The maximum atomic E-state index is 12.7. The van der Waals surface area contributed by atoms with Gasteiger partial charge in [-0.1, -0.05) is 28.1 Å². The summed E-state index contributed by atoms with van der Waals surface area (Å²) in [4.78, 5) is 26.0. The predicted octanol–water partition coefficient (Wildman–Crippen LogP) is 3.36. The Labute approximate surface area is 130 Å². The molecule has 1 aliphatic heterocycles. The van der Waals surface area contributed by atoms with Gasteiger partial charge in [-0.15, -0.1) is 0 Å². The molecule has 0 fully saturated rings. The lowest BCUT2D eigenvalue weighted by molar-refractivity contribution is -0.115. The molecule has 4 nitrogen and oxygen atoms in total. The van der Waals surface area contributed by atoms with Gasteiger partial charge in [0.2, 0.25) is 5.91 Å². The highest BCUT2D eigenvalue weighted by Gasteiger charge is 2.27. The van der Waals surface area contributed by atoms with Crippen LogP contribution in [-0.2, 0) is 4.79 Å². The number of halogens is 1. The van der Waals surface area contributed by atoms with E-state index in [-0.39, 0.29) is 18.4 Å². The lowest BCUT2D eigenvalue weighted by atomic mass is 10.1. The minimum absolute atomic E-state index is 0.0327. The Bertz CT molecular complexity index is 743. The van der Waals surface area contributed by atoms with Gasteiger partial charge in [-0.3, -0.25) is 14.5 Å². The molecule has 3 rings (SSSR count). The maximum Gasteiger partial charge on any atom is 0.258 e. The molecule has 0 saturated carbocycles. The van der Waals surface area contributed by atoms with Gasteiger partial charge in [0, 0.05) is 10.0 Å². The first-order valence-corrected chi connectivity index (χ1v) is 7.32. The number of amides is 2. The third-order valence-electron chi connectivity index (χ3n) is 3.42. The van der Waals surface area contributed by atoms with Gasteiger partial charge in [0.15, 0.2) is 0 Å². The lowest BCUT2D eigenvalue weighted by Gasteiger charge is -2.29. The molecule has 0 radical (unpaired) electrons. The van der Waals surface area contributed by atoms with Crippen molar-refractivity contribution in [3.8, 4) is 0 Å². The molecule has 1 heterocycles. The Hall–Kier alpha value is -2.14. The van der Waals surface area contributed by atoms with Crippen LogP contribution in [0.15, 0.2) is 46.9 Å². The fraction of sp³-hybridized carbons (Fsp3) is 0.125. The second-order valence-corrected chi connectivity index (χ2v) is 5.77. The van der Waals surface area contributed by atoms with Crippen LogP contribution in [0.25, 0.3) is 0 Å². The van der Waals surface area contributed by atoms with Gasteiger partial charge in [-0.2, -0.15) is 0 Å². The summed E-state index contributed by atoms with van der Waals surface area (Å²) < 4.78 is 0.954. The summed E-state index contributed by atoms with van der Waals surface area (Å²) in [5.41, 5.74) is 2.94. The minimum Gasteiger partial charge on any atom is -0.323 e. The molecule has 2 aromatic carbocycles. The number of aryl methyl sites for hydroxylation is 1. The normalized spacial score (nSPS) is 13.6. The SMILES string of the molecule is Cc1cc(C(=O)N2CC(=O)Nc3ccccc32)ccc1Br. The van der Waals surface area contributed by atoms with Gasteiger partial charge in [0.05, 0.1) is 11.4 Å². The Morgan fingerprint density at radius 3 is 2.76 bits per heavy atom. The van der Waals surface area contributed by atoms with Crippen molar-refractivity contribution in [1.29, 1.82) is 0 Å². The number of fused-ring (bicyclic) bond motifs is 1. The molecule has 5 heteroatoms. The van der Waals surface area contributed by atoms with E-state index in [1.54, 1.807) is 12.1 Å². The molecule has 0 aromatic heterocycles. The number of nitrogens with one attached hydrogen (secondary N) is 1. The van der Waals surface area contributed by atoms with Crippen LogP contribution in [0, 0.1) is 6.92 Å². The number of rotatable bonds is 1. The molecule has 0 spiro atoms. The topological polar surface area (TPSA) is 49.4 Å². The second kappa shape index (κ2) is 5.33. The summed E-state index contributed by atoms with van der Waals surface area (Å²) in [5, 5.41) is 2.78. The van der Waals surface area contributed by atoms with E-state index in [4.69, 9.17) is 0 Å². The molecule has 0 bridgehead atoms. The molecule has 0 atom stereocenters. The van der Waals surface area contributed by atoms with Crippen LogP contribution in [0.3, 0.4) is 0 Å². The number of hydrogen-bond acceptors (Lipinski definition) is 2. The molecule has 21 heavy (non-hydrogen) atoms. The smallest absolute Gasteiger partial charge is 0.258 e. The van der Waals surface area contributed by atoms with Crippen molar-refractivity contribution in [3.63, 3.8) is 0 Å². The Kier molecular flexibility index (Phi) is 3.51. The van der Waals surface area contributed by atoms with Crippen molar-refractivity contribution in [3.05, 3.63) is 58.1 Å². The van der Waals surface area contributed by atoms with E-state index >= 15 is 0 Å². The summed E-state index contributed by atoms with van der Waals surface area (Å²) in [6.07, 6.45) is 0. The van der Waals surface area contributed by atoms with Crippen LogP contribution in [0.5, 0.6) is 0 Å². The molecule has 0 unspecified atom stereocenters. The highest BCUT2D eigenvalue weighted by atomic mass is 79.9. The molecule has 2 amide bonds. The molecule has 0 saturated heterocycles. The van der Waals surface area contributed by atoms with Crippen molar-refractivity contribution in [1.82, 2.24) is 0 Å². The van der Waals surface area contributed by atoms with Crippen molar-refractivity contribution in [2.75, 3.05) is 16.8 Å². The molecule has 0 aliphatic carbocycles. The number of nitrogens with zero attached hydrogens (tertiary/aromatic N) is 1. The highest BCUT2D eigenvalue weighted by molar-refractivity contribution is 9.10. The monoisotopic (exact) mass is 344 g/mol. The summed E-state index contributed by atoms with van der Waals surface area (Å²) in [5.74, 6) is -0.358. The number of anilines is 2. The second-order valence-electron chi connectivity index (χ2n) is 4.92. The third kappa shape index (κ3) is 2.56. The van der Waals surface area contributed by atoms with E-state index in [9.17, 15) is 9.59 Å². The quantitative estimate of drug-likeness (QED) is 0.862. The van der Waals surface area contributed by atoms with Crippen LogP contribution in [0.1, 0.15) is 15.9 Å². The van der Waals surface area contributed by atoms with E-state index in [1.807, 2.05) is 37.3 Å². The minimum atomic E-state index is -0.184. The first-order chi connectivity index (χ1) is 10.1. The van der Waals surface area contributed by atoms with Crippen LogP contribution in [0.4, 0.5) is 11.4 Å². The van der Waals surface area contributed by atoms with Crippen LogP contribution in [-0.4, -0.2) is 18.4 Å². The standard InChI is InChI=1S/C16H13BrN2O2/c1-10-8-11(6-7-12(10)17)16(21)19-9-15(20)18-13-4-2-3-5-14(13)19/h2-8H,9H2,1H3,(H,18,20). The van der Waals surface area contributed by atoms with Crippen LogP contribution < -0.4 is 10.2 Å². The molecular weight excluding hydrogens is 332 g/mol. The zero-order chi connectivity index (χ0) is 15.0. The highest BCUT2D eigenvalue weighted by Crippen LogP contribution is 2.30. The predicted molar refractivity (Wildman–Crippen MR) is 85.6 cm³/mol. The van der Waals surface area contributed by atoms with E-state index in [0.29, 0.717) is 11.3 Å². The molecule has 1 aliphatic rings. The van der Waals surface area contributed by atoms with E-state index in [0.717, 1.165) is 15.7 Å². The average molecular weight is 345 g/mol. The average Bonchev–Trinajstić information content (AvgIpc) is 2.48. The zero-order valence-corrected chi connectivity index (χ0v) is 13.0. The lowest BCUT2D eigenvalue weighted by Crippen LogP contribution is -2.42. The van der Waals surface area contributed by atoms with Crippen molar-refractivity contribution in [2.24, 2.45) is 0 Å². The van der Waals surface area contributed by atoms with Gasteiger partial charge in [0.1, 0.15) is 6.54 Å². The zero-order valence-electron chi connectivity index (χ0n) is 11.4. The fourth-order valence-corrected chi connectivity index (χ4v) is 2.59. The summed E-state index contributed by atoms with van der Waals surface area (Å²) >= 11 is 3.42. The van der Waals surface area contributed by atoms with Gasteiger partial charge in [0.25, 0.3) is 5.91 Å². The Morgan fingerprint density at radius 1 is 1.24 bits per heavy atom. The summed E-state index contributed by atoms with van der Waals surface area (Å²) in [6, 6.07) is 12.7. The van der Waals surface area contributed by atoms with Gasteiger partial charge < -0.3 is 5.32 Å². The number of carbonyl (C=O) groups is 2. The number of para-hydroxylation sites is 2. The third-order valence-corrected chi connectivity index (χ3v) is 4.31. The first-order valence-electron chi connectivity index (χ1n) is 6.53. The van der Waals surface area contributed by atoms with Crippen molar-refractivity contribution < 1.29 is 9.59 Å². The van der Waals surface area contributed by atoms with E-state index < -0.39 is 0 Å². The Morgan fingerprint density at radius 2 is 2.00 bits per heavy atom. The summed E-state index contributed by atoms with van der Waals surface area (Å²) in [6.45, 7) is 1.96. The van der Waals surface area contributed by atoms with Crippen molar-refractivity contribution >= 4 is 39.1 Å². The van der Waals surface area contributed by atoms with Crippen molar-refractivity contribution in [2.45, 2.75) is 6.92 Å². The molecular formula is C16H13BrN2O2. The van der Waals surface area contributed by atoms with Gasteiger partial charge >= 0.3 is 0 Å². The molecule has 2 aromatic rings. The fourth-order valence-electron chi connectivity index (χ4n) is 2.35. The first kappa shape index (κ1) is 13.8. The molecule has 106 valence electrons. The number of benzene rings is 2. The Balaban J connectivity index is 2.01. The van der Waals surface area contributed by atoms with Crippen LogP contribution >= 0.6 is 15.9 Å². The van der Waals surface area contributed by atoms with E-state index in [2.05, 4.69) is 21.2 Å². The largest absolute Gasteiger partial charge is 0.323 e. The van der Waals surface area contributed by atoms with Gasteiger partial charge in [-0.25, -0.2) is 0 Å².